The van der Waals surface area contributed by atoms with E-state index in [0.717, 1.165) is 38.5 Å². The Labute approximate surface area is 183 Å². The van der Waals surface area contributed by atoms with Crippen LogP contribution in [-0.4, -0.2) is 31.9 Å². The molecule has 0 aromatic carbocycles. The number of Topliss-reactive ketones (excluding diaryl/α,β-unsaturated/α-hetero) is 1. The molecular formula is C24H34ClFN2O2. The number of carbonyl (C=O) groups excluding carboxylic acids is 1. The fourth-order valence-electron chi connectivity index (χ4n) is 8.20. The lowest BCUT2D eigenvalue weighted by atomic mass is 9.48. The van der Waals surface area contributed by atoms with E-state index in [2.05, 4.69) is 12.0 Å². The van der Waals surface area contributed by atoms with Crippen molar-refractivity contribution in [3.63, 3.8) is 0 Å². The molecule has 0 spiro atoms. The van der Waals surface area contributed by atoms with E-state index in [1.807, 2.05) is 6.92 Å². The highest BCUT2D eigenvalue weighted by atomic mass is 35.5. The Balaban J connectivity index is 1.34. The largest absolute Gasteiger partial charge is 0.390 e. The van der Waals surface area contributed by atoms with Crippen molar-refractivity contribution in [1.82, 2.24) is 9.78 Å². The lowest BCUT2D eigenvalue weighted by molar-refractivity contribution is -0.166. The summed E-state index contributed by atoms with van der Waals surface area (Å²) in [5.41, 5.74) is -1.87. The monoisotopic (exact) mass is 436 g/mol. The second-order valence-corrected chi connectivity index (χ2v) is 11.7. The van der Waals surface area contributed by atoms with Gasteiger partial charge in [0.15, 0.2) is 5.78 Å². The third-order valence-corrected chi connectivity index (χ3v) is 9.82. The molecule has 1 heterocycles. The highest BCUT2D eigenvalue weighted by molar-refractivity contribution is 6.30. The van der Waals surface area contributed by atoms with E-state index in [9.17, 15) is 9.90 Å². The smallest absolute Gasteiger partial charge is 0.157 e. The van der Waals surface area contributed by atoms with Gasteiger partial charge in [-0.2, -0.15) is 5.10 Å². The average Bonchev–Trinajstić information content (AvgIpc) is 3.24. The van der Waals surface area contributed by atoms with Crippen LogP contribution in [-0.2, 0) is 11.3 Å². The van der Waals surface area contributed by atoms with Crippen LogP contribution in [0.2, 0.25) is 5.02 Å². The average molecular weight is 437 g/mol. The van der Waals surface area contributed by atoms with Gasteiger partial charge in [0.05, 0.1) is 23.4 Å². The summed E-state index contributed by atoms with van der Waals surface area (Å²) in [5, 5.41) is 15.2. The zero-order valence-electron chi connectivity index (χ0n) is 18.1. The first kappa shape index (κ1) is 20.9. The standard InChI is InChI=1S/C24H34ClFN2O2/c1-22(30)9-10-24(26)15(11-22)3-4-17-18-5-6-20(23(18,2)8-7-19(17)24)21(29)14-28-13-16(25)12-27-28/h12-13,15,17-20,30H,3-11,14H2,1-2H3/t15-,17+,18+,19+,20-,22-,23+,24-/m1/s1. The van der Waals surface area contributed by atoms with Crippen molar-refractivity contribution < 1.29 is 14.3 Å². The molecule has 4 aliphatic carbocycles. The van der Waals surface area contributed by atoms with Crippen LogP contribution in [0.5, 0.6) is 0 Å². The highest BCUT2D eigenvalue weighted by Gasteiger charge is 2.63. The van der Waals surface area contributed by atoms with Crippen molar-refractivity contribution in [1.29, 1.82) is 0 Å². The first-order valence-corrected chi connectivity index (χ1v) is 12.1. The predicted molar refractivity (Wildman–Crippen MR) is 114 cm³/mol. The molecule has 4 saturated carbocycles. The minimum Gasteiger partial charge on any atom is -0.390 e. The number of hydrogen-bond donors (Lipinski definition) is 1. The van der Waals surface area contributed by atoms with Gasteiger partial charge in [-0.25, -0.2) is 4.39 Å². The second kappa shape index (κ2) is 7.03. The van der Waals surface area contributed by atoms with Gasteiger partial charge in [-0.05, 0) is 93.8 Å². The first-order chi connectivity index (χ1) is 14.1. The number of aromatic nitrogens is 2. The van der Waals surface area contributed by atoms with E-state index >= 15 is 4.39 Å². The Kier molecular flexibility index (Phi) is 4.91. The minimum absolute atomic E-state index is 0.00440. The van der Waals surface area contributed by atoms with Crippen molar-refractivity contribution in [3.8, 4) is 0 Å². The molecule has 1 N–H and O–H groups in total. The third-order valence-electron chi connectivity index (χ3n) is 9.62. The van der Waals surface area contributed by atoms with Gasteiger partial charge in [-0.3, -0.25) is 9.48 Å². The molecule has 4 fully saturated rings. The summed E-state index contributed by atoms with van der Waals surface area (Å²) < 4.78 is 18.1. The molecule has 4 aliphatic rings. The number of carbonyl (C=O) groups is 1. The molecule has 0 saturated heterocycles. The Morgan fingerprint density at radius 1 is 1.20 bits per heavy atom. The zero-order valence-corrected chi connectivity index (χ0v) is 18.9. The summed E-state index contributed by atoms with van der Waals surface area (Å²) in [7, 11) is 0. The topological polar surface area (TPSA) is 55.1 Å². The van der Waals surface area contributed by atoms with Crippen LogP contribution in [0.25, 0.3) is 0 Å². The van der Waals surface area contributed by atoms with E-state index in [1.54, 1.807) is 17.1 Å². The second-order valence-electron chi connectivity index (χ2n) is 11.3. The van der Waals surface area contributed by atoms with Crippen LogP contribution in [0.15, 0.2) is 12.4 Å². The number of halogens is 2. The predicted octanol–water partition coefficient (Wildman–Crippen LogP) is 5.22. The van der Waals surface area contributed by atoms with Crippen molar-refractivity contribution in [2.45, 2.75) is 89.4 Å². The Bertz CT molecular complexity index is 841. The van der Waals surface area contributed by atoms with Crippen molar-refractivity contribution in [3.05, 3.63) is 17.4 Å². The maximum Gasteiger partial charge on any atom is 0.157 e. The van der Waals surface area contributed by atoms with E-state index in [0.29, 0.717) is 36.1 Å². The molecule has 30 heavy (non-hydrogen) atoms. The summed E-state index contributed by atoms with van der Waals surface area (Å²) in [5.74, 6) is 1.19. The number of fused-ring (bicyclic) bond motifs is 5. The number of rotatable bonds is 3. The number of nitrogens with zero attached hydrogens (tertiary/aromatic N) is 2. The molecule has 0 bridgehead atoms. The SMILES string of the molecule is C[C@@]1(O)CC[C@@]2(F)[C@H](CC[C@H]3[C@@H]4CC[C@H](C(=O)Cn5cc(Cl)cn5)[C@@]4(C)CC[C@@H]32)C1. The van der Waals surface area contributed by atoms with Gasteiger partial charge in [-0.1, -0.05) is 18.5 Å². The van der Waals surface area contributed by atoms with Crippen LogP contribution >= 0.6 is 11.6 Å². The van der Waals surface area contributed by atoms with E-state index in [4.69, 9.17) is 11.6 Å². The molecule has 5 rings (SSSR count). The van der Waals surface area contributed by atoms with E-state index in [1.165, 1.54) is 0 Å². The van der Waals surface area contributed by atoms with Gasteiger partial charge in [0.1, 0.15) is 5.67 Å². The van der Waals surface area contributed by atoms with Crippen LogP contribution in [0.4, 0.5) is 4.39 Å². The molecule has 6 heteroatoms. The number of aliphatic hydroxyl groups is 1. The highest BCUT2D eigenvalue weighted by Crippen LogP contribution is 2.66. The summed E-state index contributed by atoms with van der Waals surface area (Å²) in [4.78, 5) is 13.2. The van der Waals surface area contributed by atoms with Crippen LogP contribution in [0, 0.1) is 35.0 Å². The number of hydrogen-bond acceptors (Lipinski definition) is 3. The number of ketones is 1. The molecule has 4 nitrogen and oxygen atoms in total. The first-order valence-electron chi connectivity index (χ1n) is 11.7. The molecule has 1 aromatic rings. The summed E-state index contributed by atoms with van der Waals surface area (Å²) in [6, 6.07) is 0. The Hall–Kier alpha value is -0.940. The van der Waals surface area contributed by atoms with Crippen molar-refractivity contribution >= 4 is 17.4 Å². The zero-order chi connectivity index (χ0) is 21.3. The molecule has 0 aliphatic heterocycles. The van der Waals surface area contributed by atoms with Gasteiger partial charge in [0.25, 0.3) is 0 Å². The lowest BCUT2D eigenvalue weighted by Gasteiger charge is -2.59. The summed E-state index contributed by atoms with van der Waals surface area (Å²) in [6.45, 7) is 4.44. The van der Waals surface area contributed by atoms with Crippen LogP contribution in [0.3, 0.4) is 0 Å². The lowest BCUT2D eigenvalue weighted by Crippen LogP contribution is -2.58. The third kappa shape index (κ3) is 3.18. The molecule has 0 unspecified atom stereocenters. The van der Waals surface area contributed by atoms with Gasteiger partial charge < -0.3 is 5.11 Å². The molecule has 1 aromatic heterocycles. The van der Waals surface area contributed by atoms with E-state index < -0.39 is 11.3 Å². The normalized spacial score (nSPS) is 48.0. The van der Waals surface area contributed by atoms with Gasteiger partial charge in [0.2, 0.25) is 0 Å². The Morgan fingerprint density at radius 2 is 2.00 bits per heavy atom. The molecule has 0 radical (unpaired) electrons. The van der Waals surface area contributed by atoms with Gasteiger partial charge >= 0.3 is 0 Å². The van der Waals surface area contributed by atoms with Crippen LogP contribution in [0.1, 0.15) is 71.6 Å². The van der Waals surface area contributed by atoms with E-state index in [-0.39, 0.29) is 35.5 Å². The molecule has 8 atom stereocenters. The van der Waals surface area contributed by atoms with Crippen molar-refractivity contribution in [2.24, 2.45) is 35.0 Å². The molecule has 0 amide bonds. The minimum atomic E-state index is -1.12. The Morgan fingerprint density at radius 3 is 2.73 bits per heavy atom. The summed E-state index contributed by atoms with van der Waals surface area (Å²) >= 11 is 5.96. The number of alkyl halides is 1. The maximum absolute atomic E-state index is 16.4. The summed E-state index contributed by atoms with van der Waals surface area (Å²) in [6.07, 6.45) is 10.6. The molecule has 166 valence electrons. The fraction of sp³-hybridized carbons (Fsp3) is 0.833. The van der Waals surface area contributed by atoms with Crippen LogP contribution < -0.4 is 0 Å². The van der Waals surface area contributed by atoms with Crippen molar-refractivity contribution in [2.75, 3.05) is 0 Å². The van der Waals surface area contributed by atoms with Gasteiger partial charge in [0, 0.05) is 12.1 Å². The fourth-order valence-corrected chi connectivity index (χ4v) is 8.36. The van der Waals surface area contributed by atoms with Gasteiger partial charge in [-0.15, -0.1) is 0 Å². The maximum atomic E-state index is 16.4. The molecular weight excluding hydrogens is 403 g/mol. The quantitative estimate of drug-likeness (QED) is 0.706.